The maximum absolute atomic E-state index is 5.22. The molecule has 0 saturated carbocycles. The topological polar surface area (TPSA) is 21.3 Å². The van der Waals surface area contributed by atoms with Gasteiger partial charge in [0.15, 0.2) is 0 Å². The third-order valence-electron chi connectivity index (χ3n) is 3.47. The zero-order chi connectivity index (χ0) is 12.6. The van der Waals surface area contributed by atoms with Crippen LogP contribution >= 0.6 is 12.4 Å². The standard InChI is InChI=1S/C16H23NO.ClH/c1-18-16-9-5-8-15(12-16)13-17-11-10-14-6-3-2-4-7-14;/h5-6,8-9,12,17H,2-4,7,10-11,13H2,1H3;1H. The normalized spacial score (nSPS) is 14.5. The molecule has 2 rings (SSSR count). The van der Waals surface area contributed by atoms with Crippen molar-refractivity contribution in [3.8, 4) is 5.75 Å². The third-order valence-corrected chi connectivity index (χ3v) is 3.47. The SMILES string of the molecule is COc1cccc(CNCCC2=CCCCC2)c1.Cl. The molecule has 1 N–H and O–H groups in total. The van der Waals surface area contributed by atoms with E-state index in [4.69, 9.17) is 4.74 Å². The molecule has 19 heavy (non-hydrogen) atoms. The van der Waals surface area contributed by atoms with Crippen molar-refractivity contribution in [3.05, 3.63) is 41.5 Å². The van der Waals surface area contributed by atoms with Crippen LogP contribution in [0.2, 0.25) is 0 Å². The molecule has 3 heteroatoms. The molecule has 1 aliphatic carbocycles. The Morgan fingerprint density at radius 1 is 1.26 bits per heavy atom. The Bertz CT molecular complexity index is 403. The van der Waals surface area contributed by atoms with E-state index < -0.39 is 0 Å². The summed E-state index contributed by atoms with van der Waals surface area (Å²) in [6.07, 6.45) is 8.97. The van der Waals surface area contributed by atoms with Gasteiger partial charge in [0.25, 0.3) is 0 Å². The Morgan fingerprint density at radius 2 is 2.16 bits per heavy atom. The minimum Gasteiger partial charge on any atom is -0.497 e. The van der Waals surface area contributed by atoms with Crippen molar-refractivity contribution in [2.75, 3.05) is 13.7 Å². The largest absolute Gasteiger partial charge is 0.497 e. The van der Waals surface area contributed by atoms with Crippen LogP contribution in [0, 0.1) is 0 Å². The van der Waals surface area contributed by atoms with E-state index in [0.717, 1.165) is 18.8 Å². The van der Waals surface area contributed by atoms with Crippen LogP contribution in [-0.2, 0) is 6.54 Å². The molecule has 0 unspecified atom stereocenters. The minimum atomic E-state index is 0. The van der Waals surface area contributed by atoms with Crippen LogP contribution in [0.5, 0.6) is 5.75 Å². The fourth-order valence-electron chi connectivity index (χ4n) is 2.40. The van der Waals surface area contributed by atoms with Gasteiger partial charge in [-0.05, 0) is 56.3 Å². The molecule has 0 heterocycles. The molecule has 0 saturated heterocycles. The van der Waals surface area contributed by atoms with E-state index >= 15 is 0 Å². The molecule has 0 radical (unpaired) electrons. The minimum absolute atomic E-state index is 0. The molecule has 0 spiro atoms. The average molecular weight is 282 g/mol. The van der Waals surface area contributed by atoms with Crippen molar-refractivity contribution in [1.29, 1.82) is 0 Å². The van der Waals surface area contributed by atoms with E-state index in [9.17, 15) is 0 Å². The maximum atomic E-state index is 5.22. The van der Waals surface area contributed by atoms with E-state index in [1.54, 1.807) is 12.7 Å². The van der Waals surface area contributed by atoms with Gasteiger partial charge in [-0.2, -0.15) is 0 Å². The van der Waals surface area contributed by atoms with Crippen molar-refractivity contribution in [3.63, 3.8) is 0 Å². The molecule has 106 valence electrons. The summed E-state index contributed by atoms with van der Waals surface area (Å²) in [4.78, 5) is 0. The van der Waals surface area contributed by atoms with Gasteiger partial charge in [-0.3, -0.25) is 0 Å². The van der Waals surface area contributed by atoms with Crippen molar-refractivity contribution >= 4 is 12.4 Å². The zero-order valence-electron chi connectivity index (χ0n) is 11.7. The van der Waals surface area contributed by atoms with Crippen LogP contribution in [-0.4, -0.2) is 13.7 Å². The first kappa shape index (κ1) is 16.1. The van der Waals surface area contributed by atoms with Gasteiger partial charge in [0.05, 0.1) is 7.11 Å². The van der Waals surface area contributed by atoms with Gasteiger partial charge in [0, 0.05) is 6.54 Å². The number of rotatable bonds is 6. The van der Waals surface area contributed by atoms with Crippen molar-refractivity contribution in [1.82, 2.24) is 5.32 Å². The lowest BCUT2D eigenvalue weighted by atomic mass is 9.97. The Morgan fingerprint density at radius 3 is 2.89 bits per heavy atom. The summed E-state index contributed by atoms with van der Waals surface area (Å²) >= 11 is 0. The van der Waals surface area contributed by atoms with Crippen LogP contribution in [0.25, 0.3) is 0 Å². The van der Waals surface area contributed by atoms with E-state index in [1.165, 1.54) is 37.7 Å². The molecule has 0 aromatic heterocycles. The monoisotopic (exact) mass is 281 g/mol. The Labute approximate surface area is 122 Å². The molecule has 0 fully saturated rings. The molecule has 2 nitrogen and oxygen atoms in total. The number of hydrogen-bond acceptors (Lipinski definition) is 2. The molecule has 0 amide bonds. The summed E-state index contributed by atoms with van der Waals surface area (Å²) in [6.45, 7) is 1.99. The predicted octanol–water partition coefficient (Wildman–Crippen LogP) is 4.10. The molecule has 1 aliphatic rings. The Kier molecular flexibility index (Phi) is 7.61. The van der Waals surface area contributed by atoms with Gasteiger partial charge in [0.2, 0.25) is 0 Å². The fraction of sp³-hybridized carbons (Fsp3) is 0.500. The van der Waals surface area contributed by atoms with Gasteiger partial charge in [0.1, 0.15) is 5.75 Å². The summed E-state index contributed by atoms with van der Waals surface area (Å²) < 4.78 is 5.22. The summed E-state index contributed by atoms with van der Waals surface area (Å²) in [5.41, 5.74) is 2.92. The first-order valence-electron chi connectivity index (χ1n) is 6.90. The van der Waals surface area contributed by atoms with Crippen LogP contribution in [0.15, 0.2) is 35.9 Å². The summed E-state index contributed by atoms with van der Waals surface area (Å²) in [5.74, 6) is 0.935. The number of allylic oxidation sites excluding steroid dienone is 1. The highest BCUT2D eigenvalue weighted by atomic mass is 35.5. The molecule has 0 bridgehead atoms. The van der Waals surface area contributed by atoms with Gasteiger partial charge in [-0.15, -0.1) is 12.4 Å². The van der Waals surface area contributed by atoms with E-state index in [0.29, 0.717) is 0 Å². The number of ether oxygens (including phenoxy) is 1. The molecule has 1 aromatic rings. The second kappa shape index (κ2) is 9.00. The smallest absolute Gasteiger partial charge is 0.119 e. The van der Waals surface area contributed by atoms with Crippen LogP contribution in [0.3, 0.4) is 0 Å². The highest BCUT2D eigenvalue weighted by molar-refractivity contribution is 5.85. The number of halogens is 1. The lowest BCUT2D eigenvalue weighted by molar-refractivity contribution is 0.414. The second-order valence-electron chi connectivity index (χ2n) is 4.89. The fourth-order valence-corrected chi connectivity index (χ4v) is 2.40. The average Bonchev–Trinajstić information content (AvgIpc) is 2.45. The van der Waals surface area contributed by atoms with Gasteiger partial charge in [-0.1, -0.05) is 23.8 Å². The lowest BCUT2D eigenvalue weighted by Gasteiger charge is -2.13. The number of hydrogen-bond donors (Lipinski definition) is 1. The van der Waals surface area contributed by atoms with E-state index in [1.807, 2.05) is 12.1 Å². The zero-order valence-corrected chi connectivity index (χ0v) is 12.5. The second-order valence-corrected chi connectivity index (χ2v) is 4.89. The quantitative estimate of drug-likeness (QED) is 0.626. The summed E-state index contributed by atoms with van der Waals surface area (Å²) in [7, 11) is 1.71. The van der Waals surface area contributed by atoms with Crippen LogP contribution < -0.4 is 10.1 Å². The predicted molar refractivity (Wildman–Crippen MR) is 83.1 cm³/mol. The lowest BCUT2D eigenvalue weighted by Crippen LogP contribution is -2.15. The molecular weight excluding hydrogens is 258 g/mol. The third kappa shape index (κ3) is 5.66. The molecule has 0 aliphatic heterocycles. The van der Waals surface area contributed by atoms with Crippen molar-refractivity contribution < 1.29 is 4.74 Å². The molecule has 0 atom stereocenters. The first-order chi connectivity index (χ1) is 8.88. The number of methoxy groups -OCH3 is 1. The van der Waals surface area contributed by atoms with Crippen LogP contribution in [0.4, 0.5) is 0 Å². The maximum Gasteiger partial charge on any atom is 0.119 e. The van der Waals surface area contributed by atoms with Crippen molar-refractivity contribution in [2.45, 2.75) is 38.6 Å². The Balaban J connectivity index is 0.00000180. The van der Waals surface area contributed by atoms with E-state index in [2.05, 4.69) is 23.5 Å². The number of nitrogens with one attached hydrogen (secondary N) is 1. The Hall–Kier alpha value is -0.990. The highest BCUT2D eigenvalue weighted by Gasteiger charge is 2.03. The van der Waals surface area contributed by atoms with Gasteiger partial charge >= 0.3 is 0 Å². The van der Waals surface area contributed by atoms with Crippen LogP contribution in [0.1, 0.15) is 37.7 Å². The van der Waals surface area contributed by atoms with Gasteiger partial charge in [-0.25, -0.2) is 0 Å². The molecule has 1 aromatic carbocycles. The molecular formula is C16H24ClNO. The van der Waals surface area contributed by atoms with Crippen molar-refractivity contribution in [2.24, 2.45) is 0 Å². The first-order valence-corrected chi connectivity index (χ1v) is 6.90. The van der Waals surface area contributed by atoms with E-state index in [-0.39, 0.29) is 12.4 Å². The van der Waals surface area contributed by atoms with Gasteiger partial charge < -0.3 is 10.1 Å². The summed E-state index contributed by atoms with van der Waals surface area (Å²) in [6, 6.07) is 8.25. The highest BCUT2D eigenvalue weighted by Crippen LogP contribution is 2.19. The summed E-state index contributed by atoms with van der Waals surface area (Å²) in [5, 5.41) is 3.50. The number of benzene rings is 1.